The molecule has 45 heavy (non-hydrogen) atoms. The molecule has 1 amide bonds. The SMILES string of the molecule is CCOc1cc(/C=C2\SC(=Nc3cc4c5c(c3)[C@H](c3ccccc3)CCN5CC[C@@H]4c3ccccc3)NC2=O)cc(Br)c1OC. The van der Waals surface area contributed by atoms with Gasteiger partial charge in [-0.2, -0.15) is 0 Å². The summed E-state index contributed by atoms with van der Waals surface area (Å²) in [6.07, 6.45) is 3.98. The van der Waals surface area contributed by atoms with E-state index in [1.54, 1.807) is 7.11 Å². The van der Waals surface area contributed by atoms with Gasteiger partial charge in [-0.25, -0.2) is 4.99 Å². The van der Waals surface area contributed by atoms with Crippen molar-refractivity contribution in [2.75, 3.05) is 31.7 Å². The molecule has 7 rings (SSSR count). The van der Waals surface area contributed by atoms with E-state index in [-0.39, 0.29) is 5.91 Å². The summed E-state index contributed by atoms with van der Waals surface area (Å²) in [5.74, 6) is 1.66. The molecule has 3 aliphatic rings. The fraction of sp³-hybridized carbons (Fsp3) is 0.243. The number of nitrogens with zero attached hydrogens (tertiary/aromatic N) is 2. The third-order valence-corrected chi connectivity index (χ3v) is 10.2. The van der Waals surface area contributed by atoms with E-state index >= 15 is 0 Å². The minimum Gasteiger partial charge on any atom is -0.492 e. The first-order chi connectivity index (χ1) is 22.0. The topological polar surface area (TPSA) is 63.2 Å². The van der Waals surface area contributed by atoms with Crippen molar-refractivity contribution in [3.63, 3.8) is 0 Å². The molecule has 0 radical (unpaired) electrons. The number of halogens is 1. The van der Waals surface area contributed by atoms with Crippen molar-refractivity contribution < 1.29 is 14.3 Å². The van der Waals surface area contributed by atoms with E-state index in [1.807, 2.05) is 25.1 Å². The lowest BCUT2D eigenvalue weighted by Crippen LogP contribution is -2.37. The Bertz CT molecular complexity index is 1740. The zero-order valence-electron chi connectivity index (χ0n) is 25.3. The molecule has 1 fully saturated rings. The zero-order chi connectivity index (χ0) is 30.9. The van der Waals surface area contributed by atoms with Crippen molar-refractivity contribution in [2.45, 2.75) is 31.6 Å². The molecule has 6 nitrogen and oxygen atoms in total. The average Bonchev–Trinajstić information content (AvgIpc) is 3.39. The van der Waals surface area contributed by atoms with Crippen LogP contribution in [0.2, 0.25) is 0 Å². The molecule has 4 aromatic carbocycles. The number of hydrogen-bond donors (Lipinski definition) is 1. The number of rotatable bonds is 7. The van der Waals surface area contributed by atoms with E-state index in [0.717, 1.165) is 41.7 Å². The van der Waals surface area contributed by atoms with Crippen LogP contribution in [0.4, 0.5) is 11.4 Å². The Labute approximate surface area is 276 Å². The molecule has 3 aliphatic heterocycles. The maximum Gasteiger partial charge on any atom is 0.264 e. The summed E-state index contributed by atoms with van der Waals surface area (Å²) in [5, 5.41) is 3.58. The Balaban J connectivity index is 1.28. The number of amides is 1. The first kappa shape index (κ1) is 29.7. The molecule has 1 N–H and O–H groups in total. The van der Waals surface area contributed by atoms with E-state index in [0.29, 0.717) is 40.0 Å². The highest BCUT2D eigenvalue weighted by Gasteiger charge is 2.35. The van der Waals surface area contributed by atoms with Gasteiger partial charge in [-0.05, 0) is 106 Å². The van der Waals surface area contributed by atoms with Crippen molar-refractivity contribution in [3.8, 4) is 11.5 Å². The molecule has 0 bridgehead atoms. The number of methoxy groups -OCH3 is 1. The number of carbonyl (C=O) groups is 1. The van der Waals surface area contributed by atoms with Crippen LogP contribution < -0.4 is 19.7 Å². The van der Waals surface area contributed by atoms with E-state index in [4.69, 9.17) is 14.5 Å². The quantitative estimate of drug-likeness (QED) is 0.198. The van der Waals surface area contributed by atoms with Crippen LogP contribution in [-0.2, 0) is 4.79 Å². The summed E-state index contributed by atoms with van der Waals surface area (Å²) in [4.78, 5) is 21.3. The molecular weight excluding hydrogens is 646 g/mol. The molecule has 0 unspecified atom stereocenters. The largest absolute Gasteiger partial charge is 0.492 e. The van der Waals surface area contributed by atoms with E-state index < -0.39 is 0 Å². The number of benzene rings is 4. The van der Waals surface area contributed by atoms with Gasteiger partial charge in [0.05, 0.1) is 28.8 Å². The Morgan fingerprint density at radius 2 is 1.58 bits per heavy atom. The molecule has 3 heterocycles. The number of thioether (sulfide) groups is 1. The molecule has 2 atom stereocenters. The van der Waals surface area contributed by atoms with E-state index in [1.165, 1.54) is 39.7 Å². The fourth-order valence-corrected chi connectivity index (χ4v) is 8.25. The molecule has 0 aliphatic carbocycles. The number of anilines is 1. The summed E-state index contributed by atoms with van der Waals surface area (Å²) in [5.41, 5.74) is 8.36. The van der Waals surface area contributed by atoms with Crippen LogP contribution in [0.1, 0.15) is 59.4 Å². The Morgan fingerprint density at radius 1 is 0.956 bits per heavy atom. The minimum absolute atomic E-state index is 0.168. The zero-order valence-corrected chi connectivity index (χ0v) is 27.7. The number of hydrogen-bond acceptors (Lipinski definition) is 6. The van der Waals surface area contributed by atoms with Gasteiger partial charge in [0, 0.05) is 30.6 Å². The Kier molecular flexibility index (Phi) is 8.43. The maximum atomic E-state index is 13.1. The third-order valence-electron chi connectivity index (χ3n) is 8.72. The molecule has 0 spiro atoms. The number of nitrogens with one attached hydrogen (secondary N) is 1. The van der Waals surface area contributed by atoms with Gasteiger partial charge in [-0.1, -0.05) is 60.7 Å². The second-order valence-electron chi connectivity index (χ2n) is 11.4. The number of amidine groups is 1. The number of carbonyl (C=O) groups excluding carboxylic acids is 1. The second kappa shape index (κ2) is 12.8. The normalized spacial score (nSPS) is 20.7. The summed E-state index contributed by atoms with van der Waals surface area (Å²) in [6.45, 7) is 4.52. The van der Waals surface area contributed by atoms with Crippen LogP contribution in [0.15, 0.2) is 99.3 Å². The van der Waals surface area contributed by atoms with Gasteiger partial charge in [0.2, 0.25) is 0 Å². The monoisotopic (exact) mass is 679 g/mol. The summed E-state index contributed by atoms with van der Waals surface area (Å²) < 4.78 is 12.0. The van der Waals surface area contributed by atoms with Crippen LogP contribution in [-0.4, -0.2) is 37.9 Å². The van der Waals surface area contributed by atoms with Crippen LogP contribution >= 0.6 is 27.7 Å². The lowest BCUT2D eigenvalue weighted by atomic mass is 9.76. The standard InChI is InChI=1S/C37H34BrN3O3S/c1-3-44-32-19-23(18-31(38)35(32)43-2)20-33-36(42)40-37(45-33)39-26-21-29-27(24-10-6-4-7-11-24)14-16-41-17-15-28(30(22-26)34(29)41)25-12-8-5-9-13-25/h4-13,18-22,27-28H,3,14-17H2,1-2H3,(H,39,40,42)/b33-20-/t27-,28+. The summed E-state index contributed by atoms with van der Waals surface area (Å²) >= 11 is 4.93. The summed E-state index contributed by atoms with van der Waals surface area (Å²) in [7, 11) is 1.61. The molecule has 0 saturated carbocycles. The highest BCUT2D eigenvalue weighted by Crippen LogP contribution is 2.50. The van der Waals surface area contributed by atoms with Crippen molar-refractivity contribution in [2.24, 2.45) is 4.99 Å². The van der Waals surface area contributed by atoms with Gasteiger partial charge >= 0.3 is 0 Å². The molecule has 0 aromatic heterocycles. The lowest BCUT2D eigenvalue weighted by Gasteiger charge is -2.43. The molecule has 8 heteroatoms. The van der Waals surface area contributed by atoms with Crippen LogP contribution in [0.3, 0.4) is 0 Å². The van der Waals surface area contributed by atoms with Gasteiger partial charge in [-0.3, -0.25) is 4.79 Å². The maximum absolute atomic E-state index is 13.1. The summed E-state index contributed by atoms with van der Waals surface area (Å²) in [6, 6.07) is 29.9. The fourth-order valence-electron chi connectivity index (χ4n) is 6.79. The lowest BCUT2D eigenvalue weighted by molar-refractivity contribution is -0.115. The highest BCUT2D eigenvalue weighted by atomic mass is 79.9. The van der Waals surface area contributed by atoms with Crippen LogP contribution in [0, 0.1) is 0 Å². The van der Waals surface area contributed by atoms with Gasteiger partial charge in [-0.15, -0.1) is 0 Å². The predicted molar refractivity (Wildman–Crippen MR) is 187 cm³/mol. The van der Waals surface area contributed by atoms with Crippen LogP contribution in [0.5, 0.6) is 11.5 Å². The first-order valence-electron chi connectivity index (χ1n) is 15.3. The highest BCUT2D eigenvalue weighted by molar-refractivity contribution is 9.10. The third kappa shape index (κ3) is 5.89. The van der Waals surface area contributed by atoms with Crippen molar-refractivity contribution >= 4 is 56.2 Å². The number of ether oxygens (including phenoxy) is 2. The predicted octanol–water partition coefficient (Wildman–Crippen LogP) is 8.63. The Morgan fingerprint density at radius 3 is 2.16 bits per heavy atom. The smallest absolute Gasteiger partial charge is 0.264 e. The molecule has 4 aromatic rings. The first-order valence-corrected chi connectivity index (χ1v) is 17.0. The Hall–Kier alpha value is -4.01. The van der Waals surface area contributed by atoms with Crippen molar-refractivity contribution in [1.82, 2.24) is 5.32 Å². The molecule has 228 valence electrons. The van der Waals surface area contributed by atoms with Crippen LogP contribution in [0.25, 0.3) is 6.08 Å². The van der Waals surface area contributed by atoms with Gasteiger partial charge in [0.1, 0.15) is 0 Å². The van der Waals surface area contributed by atoms with Gasteiger partial charge in [0.25, 0.3) is 5.91 Å². The molecular formula is C37H34BrN3O3S. The minimum atomic E-state index is -0.168. The average molecular weight is 681 g/mol. The van der Waals surface area contributed by atoms with Crippen molar-refractivity contribution in [1.29, 1.82) is 0 Å². The van der Waals surface area contributed by atoms with Crippen molar-refractivity contribution in [3.05, 3.63) is 122 Å². The van der Waals surface area contributed by atoms with Gasteiger partial charge < -0.3 is 19.7 Å². The van der Waals surface area contributed by atoms with Gasteiger partial charge in [0.15, 0.2) is 16.7 Å². The van der Waals surface area contributed by atoms with E-state index in [9.17, 15) is 4.79 Å². The molecule has 1 saturated heterocycles. The number of aliphatic imine (C=N–C) groups is 1. The van der Waals surface area contributed by atoms with E-state index in [2.05, 4.69) is 98.9 Å². The second-order valence-corrected chi connectivity index (χ2v) is 13.3.